The molecule has 0 aliphatic heterocycles. The first-order valence-electron chi connectivity index (χ1n) is 7.74. The maximum Gasteiger partial charge on any atom is 0.352 e. The van der Waals surface area contributed by atoms with Crippen LogP contribution in [0.2, 0.25) is 15.1 Å². The van der Waals surface area contributed by atoms with Crippen molar-refractivity contribution in [3.8, 4) is 11.5 Å². The number of pyridine rings is 1. The fourth-order valence-electron chi connectivity index (χ4n) is 2.34. The number of fused-ring (bicyclic) bond motifs is 1. The van der Waals surface area contributed by atoms with Crippen LogP contribution in [0.1, 0.15) is 12.6 Å². The SMILES string of the molecule is Cc1ccc2c(Cl)cc(Cl)c(OC(=O)C(C)Oc3ccc(Cl)cc3)c2n1. The van der Waals surface area contributed by atoms with Gasteiger partial charge in [-0.25, -0.2) is 9.78 Å². The van der Waals surface area contributed by atoms with Crippen molar-refractivity contribution in [1.29, 1.82) is 0 Å². The lowest BCUT2D eigenvalue weighted by Crippen LogP contribution is -2.28. The molecular weight excluding hydrogens is 397 g/mol. The molecule has 0 aliphatic rings. The van der Waals surface area contributed by atoms with Gasteiger partial charge >= 0.3 is 5.97 Å². The van der Waals surface area contributed by atoms with E-state index in [1.807, 2.05) is 13.0 Å². The normalized spacial score (nSPS) is 12.0. The van der Waals surface area contributed by atoms with Crippen molar-refractivity contribution in [3.63, 3.8) is 0 Å². The van der Waals surface area contributed by atoms with Crippen molar-refractivity contribution < 1.29 is 14.3 Å². The van der Waals surface area contributed by atoms with Crippen LogP contribution in [0, 0.1) is 6.92 Å². The van der Waals surface area contributed by atoms with E-state index in [-0.39, 0.29) is 10.8 Å². The number of esters is 1. The van der Waals surface area contributed by atoms with Gasteiger partial charge in [-0.1, -0.05) is 34.8 Å². The molecule has 0 amide bonds. The molecule has 0 saturated heterocycles. The van der Waals surface area contributed by atoms with E-state index in [1.54, 1.807) is 37.3 Å². The van der Waals surface area contributed by atoms with Crippen LogP contribution in [0.5, 0.6) is 11.5 Å². The standard InChI is InChI=1S/C19H14Cl3NO3/c1-10-3-8-14-15(21)9-16(22)18(17(14)23-10)26-19(24)11(2)25-13-6-4-12(20)5-7-13/h3-9,11H,1-2H3. The van der Waals surface area contributed by atoms with Gasteiger partial charge in [-0.3, -0.25) is 0 Å². The first kappa shape index (κ1) is 18.8. The van der Waals surface area contributed by atoms with Crippen LogP contribution < -0.4 is 9.47 Å². The van der Waals surface area contributed by atoms with Gasteiger partial charge in [-0.05, 0) is 56.3 Å². The highest BCUT2D eigenvalue weighted by molar-refractivity contribution is 6.39. The van der Waals surface area contributed by atoms with Crippen molar-refractivity contribution in [1.82, 2.24) is 4.98 Å². The molecule has 3 aromatic rings. The van der Waals surface area contributed by atoms with E-state index in [0.29, 0.717) is 26.7 Å². The van der Waals surface area contributed by atoms with Crippen molar-refractivity contribution in [3.05, 3.63) is 63.2 Å². The van der Waals surface area contributed by atoms with Crippen LogP contribution in [0.15, 0.2) is 42.5 Å². The van der Waals surface area contributed by atoms with Crippen LogP contribution in [-0.2, 0) is 4.79 Å². The lowest BCUT2D eigenvalue weighted by molar-refractivity contribution is -0.141. The molecule has 0 saturated carbocycles. The van der Waals surface area contributed by atoms with Crippen LogP contribution in [-0.4, -0.2) is 17.1 Å². The summed E-state index contributed by atoms with van der Waals surface area (Å²) in [6.45, 7) is 3.41. The zero-order chi connectivity index (χ0) is 18.8. The van der Waals surface area contributed by atoms with Crippen molar-refractivity contribution in [2.24, 2.45) is 0 Å². The maximum atomic E-state index is 12.5. The fourth-order valence-corrected chi connectivity index (χ4v) is 3.02. The van der Waals surface area contributed by atoms with Crippen molar-refractivity contribution >= 4 is 51.7 Å². The van der Waals surface area contributed by atoms with Crippen LogP contribution in [0.25, 0.3) is 10.9 Å². The highest BCUT2D eigenvalue weighted by Crippen LogP contribution is 2.37. The summed E-state index contributed by atoms with van der Waals surface area (Å²) >= 11 is 18.3. The Hall–Kier alpha value is -2.01. The summed E-state index contributed by atoms with van der Waals surface area (Å²) in [6.07, 6.45) is -0.859. The average Bonchev–Trinajstić information content (AvgIpc) is 2.60. The third-order valence-corrected chi connectivity index (χ3v) is 4.48. The molecule has 2 aromatic carbocycles. The minimum Gasteiger partial charge on any atom is -0.479 e. The van der Waals surface area contributed by atoms with Gasteiger partial charge in [0.15, 0.2) is 11.9 Å². The second kappa shape index (κ2) is 7.70. The first-order chi connectivity index (χ1) is 12.3. The highest BCUT2D eigenvalue weighted by atomic mass is 35.5. The molecule has 4 nitrogen and oxygen atoms in total. The zero-order valence-corrected chi connectivity index (χ0v) is 16.2. The monoisotopic (exact) mass is 409 g/mol. The lowest BCUT2D eigenvalue weighted by atomic mass is 10.2. The highest BCUT2D eigenvalue weighted by Gasteiger charge is 2.22. The minimum atomic E-state index is -0.859. The van der Waals surface area contributed by atoms with Gasteiger partial charge in [0.25, 0.3) is 0 Å². The Labute approximate surface area is 165 Å². The molecule has 0 N–H and O–H groups in total. The van der Waals surface area contributed by atoms with Crippen LogP contribution in [0.3, 0.4) is 0 Å². The fraction of sp³-hybridized carbons (Fsp3) is 0.158. The Morgan fingerprint density at radius 1 is 1.04 bits per heavy atom. The zero-order valence-electron chi connectivity index (χ0n) is 13.9. The average molecular weight is 411 g/mol. The number of aromatic nitrogens is 1. The van der Waals surface area contributed by atoms with Gasteiger partial charge in [-0.15, -0.1) is 0 Å². The molecule has 0 spiro atoms. The molecule has 3 rings (SSSR count). The summed E-state index contributed by atoms with van der Waals surface area (Å²) < 4.78 is 11.1. The summed E-state index contributed by atoms with van der Waals surface area (Å²) in [6, 6.07) is 11.8. The van der Waals surface area contributed by atoms with Gasteiger partial charge in [-0.2, -0.15) is 0 Å². The Bertz CT molecular complexity index is 974. The summed E-state index contributed by atoms with van der Waals surface area (Å²) in [5, 5.41) is 1.86. The maximum absolute atomic E-state index is 12.5. The quantitative estimate of drug-likeness (QED) is 0.398. The Kier molecular flexibility index (Phi) is 5.56. The van der Waals surface area contributed by atoms with Gasteiger partial charge in [0, 0.05) is 16.1 Å². The van der Waals surface area contributed by atoms with E-state index < -0.39 is 12.1 Å². The van der Waals surface area contributed by atoms with Crippen LogP contribution >= 0.6 is 34.8 Å². The Morgan fingerprint density at radius 3 is 2.42 bits per heavy atom. The molecule has 134 valence electrons. The van der Waals surface area contributed by atoms with Crippen molar-refractivity contribution in [2.75, 3.05) is 0 Å². The summed E-state index contributed by atoms with van der Waals surface area (Å²) in [4.78, 5) is 16.9. The summed E-state index contributed by atoms with van der Waals surface area (Å²) in [5.41, 5.74) is 1.17. The smallest absolute Gasteiger partial charge is 0.352 e. The Morgan fingerprint density at radius 2 is 1.73 bits per heavy atom. The first-order valence-corrected chi connectivity index (χ1v) is 8.88. The van der Waals surface area contributed by atoms with E-state index in [4.69, 9.17) is 44.3 Å². The third kappa shape index (κ3) is 4.04. The van der Waals surface area contributed by atoms with E-state index >= 15 is 0 Å². The molecule has 0 aliphatic carbocycles. The lowest BCUT2D eigenvalue weighted by Gasteiger charge is -2.16. The molecule has 26 heavy (non-hydrogen) atoms. The number of rotatable bonds is 4. The molecule has 1 heterocycles. The molecule has 0 fully saturated rings. The number of carbonyl (C=O) groups excluding carboxylic acids is 1. The summed E-state index contributed by atoms with van der Waals surface area (Å²) in [5.74, 6) is 0.0555. The number of ether oxygens (including phenoxy) is 2. The summed E-state index contributed by atoms with van der Waals surface area (Å²) in [7, 11) is 0. The molecule has 1 atom stereocenters. The van der Waals surface area contributed by atoms with E-state index in [1.165, 1.54) is 6.07 Å². The molecule has 1 aromatic heterocycles. The van der Waals surface area contributed by atoms with Crippen LogP contribution in [0.4, 0.5) is 0 Å². The topological polar surface area (TPSA) is 48.4 Å². The molecule has 7 heteroatoms. The van der Waals surface area contributed by atoms with E-state index in [2.05, 4.69) is 4.98 Å². The van der Waals surface area contributed by atoms with Gasteiger partial charge < -0.3 is 9.47 Å². The van der Waals surface area contributed by atoms with E-state index in [9.17, 15) is 4.79 Å². The number of nitrogens with zero attached hydrogens (tertiary/aromatic N) is 1. The largest absolute Gasteiger partial charge is 0.479 e. The second-order valence-electron chi connectivity index (χ2n) is 5.65. The number of aryl methyl sites for hydroxylation is 1. The molecular formula is C19H14Cl3NO3. The van der Waals surface area contributed by atoms with E-state index in [0.717, 1.165) is 5.69 Å². The minimum absolute atomic E-state index is 0.159. The Balaban J connectivity index is 1.86. The van der Waals surface area contributed by atoms with Crippen molar-refractivity contribution in [2.45, 2.75) is 20.0 Å². The molecule has 0 radical (unpaired) electrons. The number of carbonyl (C=O) groups is 1. The number of hydrogen-bond acceptors (Lipinski definition) is 4. The predicted octanol–water partition coefficient (Wildman–Crippen LogP) is 5.88. The third-order valence-electron chi connectivity index (χ3n) is 3.64. The predicted molar refractivity (Wildman–Crippen MR) is 104 cm³/mol. The number of benzene rings is 2. The van der Waals surface area contributed by atoms with Gasteiger partial charge in [0.1, 0.15) is 11.3 Å². The van der Waals surface area contributed by atoms with Gasteiger partial charge in [0.05, 0.1) is 10.0 Å². The number of halogens is 3. The van der Waals surface area contributed by atoms with Gasteiger partial charge in [0.2, 0.25) is 0 Å². The molecule has 1 unspecified atom stereocenters. The molecule has 0 bridgehead atoms. The number of hydrogen-bond donors (Lipinski definition) is 0. The second-order valence-corrected chi connectivity index (χ2v) is 6.90.